The molecular weight excluding hydrogens is 308 g/mol. The van der Waals surface area contributed by atoms with Crippen LogP contribution >= 0.6 is 11.3 Å². The molecule has 2 aliphatic heterocycles. The number of thiophene rings is 1. The zero-order valence-corrected chi connectivity index (χ0v) is 14.2. The Hall–Kier alpha value is -1.66. The Balaban J connectivity index is 1.57. The van der Waals surface area contributed by atoms with E-state index in [4.69, 9.17) is 0 Å². The molecule has 2 fully saturated rings. The molecule has 1 amide bonds. The van der Waals surface area contributed by atoms with Crippen molar-refractivity contribution in [3.8, 4) is 0 Å². The minimum absolute atomic E-state index is 0.0105. The lowest BCUT2D eigenvalue weighted by molar-refractivity contribution is -0.125. The van der Waals surface area contributed by atoms with Gasteiger partial charge in [0.15, 0.2) is 0 Å². The first kappa shape index (κ1) is 14.9. The summed E-state index contributed by atoms with van der Waals surface area (Å²) in [6.45, 7) is 1.83. The molecule has 2 saturated heterocycles. The number of carbonyl (C=O) groups excluding carboxylic acids is 1. The van der Waals surface area contributed by atoms with E-state index < -0.39 is 0 Å². The number of aryl methyl sites for hydroxylation is 1. The topological polar surface area (TPSA) is 41.4 Å². The van der Waals surface area contributed by atoms with Gasteiger partial charge in [-0.3, -0.25) is 14.4 Å². The Bertz CT molecular complexity index is 681. The van der Waals surface area contributed by atoms with Crippen molar-refractivity contribution in [3.05, 3.63) is 34.8 Å². The van der Waals surface area contributed by atoms with Gasteiger partial charge in [-0.2, -0.15) is 16.4 Å². The number of hydrogen-bond donors (Lipinski definition) is 0. The van der Waals surface area contributed by atoms with Crippen LogP contribution in [-0.2, 0) is 11.8 Å². The van der Waals surface area contributed by atoms with E-state index in [2.05, 4.69) is 26.8 Å². The smallest absolute Gasteiger partial charge is 0.244 e. The maximum absolute atomic E-state index is 13.1. The number of aromatic nitrogens is 2. The van der Waals surface area contributed by atoms with Crippen LogP contribution < -0.4 is 4.90 Å². The molecule has 0 radical (unpaired) electrons. The second-order valence-electron chi connectivity index (χ2n) is 6.47. The van der Waals surface area contributed by atoms with Crippen molar-refractivity contribution in [1.82, 2.24) is 14.7 Å². The molecule has 0 aliphatic carbocycles. The van der Waals surface area contributed by atoms with Gasteiger partial charge >= 0.3 is 0 Å². The zero-order chi connectivity index (χ0) is 15.8. The lowest BCUT2D eigenvalue weighted by Gasteiger charge is -2.38. The van der Waals surface area contributed by atoms with Gasteiger partial charge < -0.3 is 4.90 Å². The lowest BCUT2D eigenvalue weighted by atomic mass is 10.00. The third-order valence-electron chi connectivity index (χ3n) is 5.04. The van der Waals surface area contributed by atoms with Crippen molar-refractivity contribution < 1.29 is 4.79 Å². The molecule has 0 saturated carbocycles. The van der Waals surface area contributed by atoms with Crippen LogP contribution in [0.25, 0.3) is 0 Å². The molecular formula is C17H22N4OS. The first-order valence-corrected chi connectivity index (χ1v) is 9.26. The van der Waals surface area contributed by atoms with E-state index >= 15 is 0 Å². The highest BCUT2D eigenvalue weighted by molar-refractivity contribution is 7.07. The van der Waals surface area contributed by atoms with Crippen LogP contribution in [0.3, 0.4) is 0 Å². The molecule has 2 aliphatic rings. The zero-order valence-electron chi connectivity index (χ0n) is 13.4. The highest BCUT2D eigenvalue weighted by Crippen LogP contribution is 2.37. The van der Waals surface area contributed by atoms with Gasteiger partial charge in [-0.05, 0) is 54.6 Å². The van der Waals surface area contributed by atoms with Gasteiger partial charge in [0.05, 0.1) is 17.9 Å². The van der Waals surface area contributed by atoms with E-state index in [0.717, 1.165) is 38.0 Å². The van der Waals surface area contributed by atoms with Gasteiger partial charge in [0.2, 0.25) is 5.91 Å². The predicted octanol–water partition coefficient (Wildman–Crippen LogP) is 2.81. The molecule has 0 N–H and O–H groups in total. The molecule has 2 atom stereocenters. The summed E-state index contributed by atoms with van der Waals surface area (Å²) in [5.74, 6) is 0.242. The Morgan fingerprint density at radius 2 is 2.04 bits per heavy atom. The average Bonchev–Trinajstić information content (AvgIpc) is 3.28. The molecule has 5 nitrogen and oxygen atoms in total. The van der Waals surface area contributed by atoms with E-state index in [1.807, 2.05) is 18.1 Å². The van der Waals surface area contributed by atoms with Gasteiger partial charge in [0.1, 0.15) is 0 Å². The van der Waals surface area contributed by atoms with Crippen molar-refractivity contribution in [1.29, 1.82) is 0 Å². The minimum Gasteiger partial charge on any atom is -0.308 e. The lowest BCUT2D eigenvalue weighted by Crippen LogP contribution is -2.52. The molecule has 122 valence electrons. The summed E-state index contributed by atoms with van der Waals surface area (Å²) >= 11 is 1.74. The fourth-order valence-electron chi connectivity index (χ4n) is 3.95. The molecule has 4 rings (SSSR count). The quantitative estimate of drug-likeness (QED) is 0.869. The molecule has 0 bridgehead atoms. The van der Waals surface area contributed by atoms with E-state index in [1.165, 1.54) is 12.0 Å². The third-order valence-corrected chi connectivity index (χ3v) is 5.74. The standard InChI is InChI=1S/C17H22N4OS/c1-19-11-14(10-18-19)20-7-3-5-16(17(20)22)21-8-2-4-15(21)13-6-9-23-12-13/h6,9-12,15-16H,2-5,7-8H2,1H3/t15-,16+/m1/s1. The molecule has 2 aromatic rings. The van der Waals surface area contributed by atoms with Gasteiger partial charge in [0, 0.05) is 25.8 Å². The highest BCUT2D eigenvalue weighted by atomic mass is 32.1. The highest BCUT2D eigenvalue weighted by Gasteiger charge is 2.39. The number of carbonyl (C=O) groups is 1. The molecule has 4 heterocycles. The number of nitrogens with zero attached hydrogens (tertiary/aromatic N) is 4. The van der Waals surface area contributed by atoms with Crippen molar-refractivity contribution in [2.24, 2.45) is 7.05 Å². The first-order chi connectivity index (χ1) is 11.2. The normalized spacial score (nSPS) is 26.1. The van der Waals surface area contributed by atoms with Crippen LogP contribution in [0.2, 0.25) is 0 Å². The SMILES string of the molecule is Cn1cc(N2CCC[C@H](N3CCC[C@@H]3c3ccsc3)C2=O)cn1. The summed E-state index contributed by atoms with van der Waals surface area (Å²) in [7, 11) is 1.89. The molecule has 0 aromatic carbocycles. The van der Waals surface area contributed by atoms with Crippen molar-refractivity contribution in [2.75, 3.05) is 18.0 Å². The van der Waals surface area contributed by atoms with Crippen LogP contribution in [-0.4, -0.2) is 39.7 Å². The molecule has 23 heavy (non-hydrogen) atoms. The monoisotopic (exact) mass is 330 g/mol. The van der Waals surface area contributed by atoms with E-state index in [0.29, 0.717) is 6.04 Å². The van der Waals surface area contributed by atoms with Crippen molar-refractivity contribution in [3.63, 3.8) is 0 Å². The Labute approximate surface area is 140 Å². The average molecular weight is 330 g/mol. The summed E-state index contributed by atoms with van der Waals surface area (Å²) in [6.07, 6.45) is 8.08. The van der Waals surface area contributed by atoms with Crippen LogP contribution in [0.1, 0.15) is 37.3 Å². The Morgan fingerprint density at radius 1 is 1.22 bits per heavy atom. The number of hydrogen-bond acceptors (Lipinski definition) is 4. The Kier molecular flexibility index (Phi) is 3.95. The first-order valence-electron chi connectivity index (χ1n) is 8.32. The molecule has 0 spiro atoms. The molecule has 6 heteroatoms. The number of amides is 1. The number of piperidine rings is 1. The van der Waals surface area contributed by atoms with Crippen LogP contribution in [0.4, 0.5) is 5.69 Å². The summed E-state index contributed by atoms with van der Waals surface area (Å²) in [5.41, 5.74) is 2.30. The van der Waals surface area contributed by atoms with Gasteiger partial charge in [-0.25, -0.2) is 0 Å². The van der Waals surface area contributed by atoms with Crippen molar-refractivity contribution >= 4 is 22.9 Å². The fraction of sp³-hybridized carbons (Fsp3) is 0.529. The van der Waals surface area contributed by atoms with E-state index in [1.54, 1.807) is 22.2 Å². The van der Waals surface area contributed by atoms with Gasteiger partial charge in [0.25, 0.3) is 0 Å². The van der Waals surface area contributed by atoms with E-state index in [9.17, 15) is 4.79 Å². The van der Waals surface area contributed by atoms with Gasteiger partial charge in [-0.1, -0.05) is 0 Å². The maximum Gasteiger partial charge on any atom is 0.244 e. The second kappa shape index (κ2) is 6.09. The van der Waals surface area contributed by atoms with E-state index in [-0.39, 0.29) is 11.9 Å². The molecule has 2 aromatic heterocycles. The maximum atomic E-state index is 13.1. The summed E-state index contributed by atoms with van der Waals surface area (Å²) in [5, 5.41) is 8.58. The number of rotatable bonds is 3. The number of anilines is 1. The van der Waals surface area contributed by atoms with Crippen LogP contribution in [0, 0.1) is 0 Å². The minimum atomic E-state index is 0.0105. The Morgan fingerprint density at radius 3 is 2.78 bits per heavy atom. The summed E-state index contributed by atoms with van der Waals surface area (Å²) < 4.78 is 1.76. The third kappa shape index (κ3) is 2.70. The largest absolute Gasteiger partial charge is 0.308 e. The second-order valence-corrected chi connectivity index (χ2v) is 7.25. The summed E-state index contributed by atoms with van der Waals surface area (Å²) in [6, 6.07) is 2.63. The number of likely N-dealkylation sites (tertiary alicyclic amines) is 1. The van der Waals surface area contributed by atoms with Crippen LogP contribution in [0.15, 0.2) is 29.2 Å². The summed E-state index contributed by atoms with van der Waals surface area (Å²) in [4.78, 5) is 17.4. The van der Waals surface area contributed by atoms with Crippen LogP contribution in [0.5, 0.6) is 0 Å². The fourth-order valence-corrected chi connectivity index (χ4v) is 4.66. The van der Waals surface area contributed by atoms with Gasteiger partial charge in [-0.15, -0.1) is 0 Å². The predicted molar refractivity (Wildman–Crippen MR) is 91.6 cm³/mol. The van der Waals surface area contributed by atoms with Crippen molar-refractivity contribution in [2.45, 2.75) is 37.8 Å². The molecule has 0 unspecified atom stereocenters.